The molecule has 0 radical (unpaired) electrons. The summed E-state index contributed by atoms with van der Waals surface area (Å²) in [5, 5.41) is 3.64. The highest BCUT2D eigenvalue weighted by Gasteiger charge is 2.22. The number of allylic oxidation sites excluding steroid dienone is 1. The average molecular weight is 195 g/mol. The zero-order chi connectivity index (χ0) is 10.2. The van der Waals surface area contributed by atoms with Gasteiger partial charge in [0.05, 0.1) is 0 Å². The van der Waals surface area contributed by atoms with E-state index in [2.05, 4.69) is 18.8 Å². The number of hydrogen-bond donors (Lipinski definition) is 1. The van der Waals surface area contributed by atoms with E-state index in [0.717, 1.165) is 12.0 Å². The Labute approximate surface area is 89.0 Å². The summed E-state index contributed by atoms with van der Waals surface area (Å²) < 4.78 is 0. The monoisotopic (exact) mass is 195 g/mol. The van der Waals surface area contributed by atoms with Crippen LogP contribution in [0.2, 0.25) is 0 Å². The Morgan fingerprint density at radius 3 is 2.71 bits per heavy atom. The predicted octanol–water partition coefficient (Wildman–Crippen LogP) is 3.51. The van der Waals surface area contributed by atoms with Crippen LogP contribution in [-0.4, -0.2) is 12.6 Å². The molecule has 1 nitrogen and oxygen atoms in total. The van der Waals surface area contributed by atoms with Crippen LogP contribution in [-0.2, 0) is 0 Å². The van der Waals surface area contributed by atoms with Crippen molar-refractivity contribution in [3.63, 3.8) is 0 Å². The summed E-state index contributed by atoms with van der Waals surface area (Å²) in [4.78, 5) is 0. The molecule has 1 aliphatic rings. The second kappa shape index (κ2) is 7.05. The zero-order valence-corrected chi connectivity index (χ0v) is 9.60. The molecule has 0 aromatic heterocycles. The molecule has 0 aliphatic heterocycles. The summed E-state index contributed by atoms with van der Waals surface area (Å²) in [7, 11) is 0. The van der Waals surface area contributed by atoms with Gasteiger partial charge in [0.1, 0.15) is 0 Å². The highest BCUT2D eigenvalue weighted by molar-refractivity contribution is 4.79. The first kappa shape index (κ1) is 11.8. The smallest absolute Gasteiger partial charge is 0.00669 e. The molecule has 82 valence electrons. The van der Waals surface area contributed by atoms with Crippen LogP contribution in [0.5, 0.6) is 0 Å². The van der Waals surface area contributed by atoms with Gasteiger partial charge < -0.3 is 5.32 Å². The van der Waals surface area contributed by atoms with Crippen molar-refractivity contribution >= 4 is 0 Å². The van der Waals surface area contributed by atoms with E-state index in [1.165, 1.54) is 51.5 Å². The maximum absolute atomic E-state index is 3.73. The van der Waals surface area contributed by atoms with Crippen molar-refractivity contribution in [2.45, 2.75) is 57.9 Å². The summed E-state index contributed by atoms with van der Waals surface area (Å²) in [6.07, 6.45) is 11.5. The standard InChI is InChI=1S/C13H25N/c1-3-4-5-6-7-11-14-12(2)13-9-8-10-13/h3,12-14H,1,4-11H2,2H3. The minimum Gasteiger partial charge on any atom is -0.314 e. The lowest BCUT2D eigenvalue weighted by atomic mass is 9.80. The summed E-state index contributed by atoms with van der Waals surface area (Å²) in [6, 6.07) is 0.753. The van der Waals surface area contributed by atoms with Crippen LogP contribution in [0.1, 0.15) is 51.9 Å². The molecular weight excluding hydrogens is 170 g/mol. The lowest BCUT2D eigenvalue weighted by Gasteiger charge is -2.32. The van der Waals surface area contributed by atoms with Crippen molar-refractivity contribution in [2.24, 2.45) is 5.92 Å². The first-order valence-electron chi connectivity index (χ1n) is 6.19. The molecule has 1 fully saturated rings. The normalized spacial score (nSPS) is 18.9. The maximum Gasteiger partial charge on any atom is 0.00669 e. The van der Waals surface area contributed by atoms with Crippen LogP contribution < -0.4 is 5.32 Å². The molecule has 0 amide bonds. The Balaban J connectivity index is 1.85. The number of nitrogens with one attached hydrogen (secondary N) is 1. The molecule has 0 spiro atoms. The Morgan fingerprint density at radius 2 is 2.14 bits per heavy atom. The van der Waals surface area contributed by atoms with Gasteiger partial charge in [0.25, 0.3) is 0 Å². The lowest BCUT2D eigenvalue weighted by molar-refractivity contribution is 0.240. The Hall–Kier alpha value is -0.300. The van der Waals surface area contributed by atoms with Gasteiger partial charge in [-0.3, -0.25) is 0 Å². The summed E-state index contributed by atoms with van der Waals surface area (Å²) in [5.41, 5.74) is 0. The van der Waals surface area contributed by atoms with E-state index in [1.54, 1.807) is 0 Å². The Kier molecular flexibility index (Phi) is 5.93. The van der Waals surface area contributed by atoms with Gasteiger partial charge in [-0.05, 0) is 51.5 Å². The lowest BCUT2D eigenvalue weighted by Crippen LogP contribution is -2.37. The molecule has 14 heavy (non-hydrogen) atoms. The van der Waals surface area contributed by atoms with Crippen LogP contribution >= 0.6 is 0 Å². The fourth-order valence-electron chi connectivity index (χ4n) is 2.03. The van der Waals surface area contributed by atoms with Crippen LogP contribution in [0, 0.1) is 5.92 Å². The van der Waals surface area contributed by atoms with Gasteiger partial charge in [0, 0.05) is 6.04 Å². The number of rotatable bonds is 8. The van der Waals surface area contributed by atoms with Crippen molar-refractivity contribution in [1.82, 2.24) is 5.32 Å². The molecule has 0 bridgehead atoms. The van der Waals surface area contributed by atoms with Crippen molar-refractivity contribution in [3.05, 3.63) is 12.7 Å². The SMILES string of the molecule is C=CCCCCCNC(C)C1CCC1. The van der Waals surface area contributed by atoms with Gasteiger partial charge in [0.15, 0.2) is 0 Å². The Bertz CT molecular complexity index is 149. The molecule has 1 N–H and O–H groups in total. The quantitative estimate of drug-likeness (QED) is 0.461. The van der Waals surface area contributed by atoms with Crippen molar-refractivity contribution in [2.75, 3.05) is 6.54 Å². The third-order valence-corrected chi connectivity index (χ3v) is 3.41. The second-order valence-corrected chi connectivity index (χ2v) is 4.57. The second-order valence-electron chi connectivity index (χ2n) is 4.57. The molecule has 1 aliphatic carbocycles. The highest BCUT2D eigenvalue weighted by atomic mass is 14.9. The van der Waals surface area contributed by atoms with E-state index in [-0.39, 0.29) is 0 Å². The van der Waals surface area contributed by atoms with Crippen LogP contribution in [0.3, 0.4) is 0 Å². The molecule has 1 unspecified atom stereocenters. The minimum atomic E-state index is 0.753. The third-order valence-electron chi connectivity index (χ3n) is 3.41. The van der Waals surface area contributed by atoms with E-state index in [4.69, 9.17) is 0 Å². The summed E-state index contributed by atoms with van der Waals surface area (Å²) in [6.45, 7) is 7.28. The van der Waals surface area contributed by atoms with E-state index in [1.807, 2.05) is 6.08 Å². The summed E-state index contributed by atoms with van der Waals surface area (Å²) in [5.74, 6) is 0.975. The summed E-state index contributed by atoms with van der Waals surface area (Å²) >= 11 is 0. The van der Waals surface area contributed by atoms with Gasteiger partial charge in [-0.15, -0.1) is 6.58 Å². The first-order valence-corrected chi connectivity index (χ1v) is 6.19. The van der Waals surface area contributed by atoms with Gasteiger partial charge >= 0.3 is 0 Å². The van der Waals surface area contributed by atoms with Crippen LogP contribution in [0.25, 0.3) is 0 Å². The van der Waals surface area contributed by atoms with Gasteiger partial charge in [-0.1, -0.05) is 18.9 Å². The van der Waals surface area contributed by atoms with Crippen LogP contribution in [0.4, 0.5) is 0 Å². The molecule has 0 heterocycles. The number of hydrogen-bond acceptors (Lipinski definition) is 1. The average Bonchev–Trinajstić information content (AvgIpc) is 2.08. The van der Waals surface area contributed by atoms with E-state index < -0.39 is 0 Å². The molecule has 0 aromatic rings. The van der Waals surface area contributed by atoms with Crippen LogP contribution in [0.15, 0.2) is 12.7 Å². The zero-order valence-electron chi connectivity index (χ0n) is 9.60. The van der Waals surface area contributed by atoms with Crippen molar-refractivity contribution in [1.29, 1.82) is 0 Å². The molecule has 1 heteroatoms. The third kappa shape index (κ3) is 4.28. The van der Waals surface area contributed by atoms with Crippen molar-refractivity contribution in [3.8, 4) is 0 Å². The predicted molar refractivity (Wildman–Crippen MR) is 63.5 cm³/mol. The fraction of sp³-hybridized carbons (Fsp3) is 0.846. The van der Waals surface area contributed by atoms with Gasteiger partial charge in [0.2, 0.25) is 0 Å². The molecule has 1 atom stereocenters. The molecule has 1 saturated carbocycles. The maximum atomic E-state index is 3.73. The first-order chi connectivity index (χ1) is 6.84. The largest absolute Gasteiger partial charge is 0.314 e. The Morgan fingerprint density at radius 1 is 1.36 bits per heavy atom. The number of unbranched alkanes of at least 4 members (excludes halogenated alkanes) is 3. The topological polar surface area (TPSA) is 12.0 Å². The van der Waals surface area contributed by atoms with E-state index in [9.17, 15) is 0 Å². The molecule has 0 saturated heterocycles. The van der Waals surface area contributed by atoms with E-state index in [0.29, 0.717) is 0 Å². The highest BCUT2D eigenvalue weighted by Crippen LogP contribution is 2.29. The van der Waals surface area contributed by atoms with Gasteiger partial charge in [-0.25, -0.2) is 0 Å². The molecule has 1 rings (SSSR count). The van der Waals surface area contributed by atoms with E-state index >= 15 is 0 Å². The van der Waals surface area contributed by atoms with Crippen molar-refractivity contribution < 1.29 is 0 Å². The fourth-order valence-corrected chi connectivity index (χ4v) is 2.03. The molecular formula is C13H25N. The molecule has 0 aromatic carbocycles. The van der Waals surface area contributed by atoms with Gasteiger partial charge in [-0.2, -0.15) is 0 Å². The minimum absolute atomic E-state index is 0.753.